The number of likely N-dealkylation sites (tertiary alicyclic amines) is 1. The van der Waals surface area contributed by atoms with Crippen LogP contribution in [0.15, 0.2) is 60.3 Å². The second kappa shape index (κ2) is 9.02. The minimum atomic E-state index is -0.249. The van der Waals surface area contributed by atoms with Gasteiger partial charge >= 0.3 is 0 Å². The lowest BCUT2D eigenvalue weighted by molar-refractivity contribution is -0.137. The number of imide groups is 1. The highest BCUT2D eigenvalue weighted by atomic mass is 35.5. The number of hydrogen-bond donors (Lipinski definition) is 1. The highest BCUT2D eigenvalue weighted by Gasteiger charge is 2.42. The molecule has 1 fully saturated rings. The summed E-state index contributed by atoms with van der Waals surface area (Å²) in [4.78, 5) is 30.1. The van der Waals surface area contributed by atoms with E-state index in [2.05, 4.69) is 0 Å². The van der Waals surface area contributed by atoms with Crippen LogP contribution in [-0.2, 0) is 16.0 Å². The number of amides is 2. The van der Waals surface area contributed by atoms with Gasteiger partial charge in [-0.05, 0) is 48.4 Å². The van der Waals surface area contributed by atoms with Crippen LogP contribution in [0.3, 0.4) is 0 Å². The van der Waals surface area contributed by atoms with Crippen LogP contribution in [0.2, 0.25) is 5.02 Å². The Kier molecular flexibility index (Phi) is 6.21. The molecule has 1 N–H and O–H groups in total. The summed E-state index contributed by atoms with van der Waals surface area (Å²) in [5, 5.41) is 10.3. The van der Waals surface area contributed by atoms with Crippen molar-refractivity contribution in [3.63, 3.8) is 0 Å². The number of nitrogens with zero attached hydrogens (tertiary/aromatic N) is 2. The van der Waals surface area contributed by atoms with Crippen LogP contribution in [-0.4, -0.2) is 53.0 Å². The molecule has 2 aliphatic heterocycles. The molecule has 0 aliphatic carbocycles. The van der Waals surface area contributed by atoms with Gasteiger partial charge in [0.1, 0.15) is 5.70 Å². The average Bonchev–Trinajstić information content (AvgIpc) is 3.03. The summed E-state index contributed by atoms with van der Waals surface area (Å²) in [7, 11) is 0. The van der Waals surface area contributed by atoms with Gasteiger partial charge in [0, 0.05) is 31.3 Å². The first kappa shape index (κ1) is 20.6. The Hall–Kier alpha value is -2.63. The van der Waals surface area contributed by atoms with Gasteiger partial charge in [-0.3, -0.25) is 14.5 Å². The minimum absolute atomic E-state index is 0.0901. The highest BCUT2D eigenvalue weighted by molar-refractivity contribution is 6.35. The first-order valence-electron chi connectivity index (χ1n) is 10.3. The summed E-state index contributed by atoms with van der Waals surface area (Å²) in [5.74, 6) is -0.373. The molecule has 1 unspecified atom stereocenters. The van der Waals surface area contributed by atoms with Crippen molar-refractivity contribution in [1.29, 1.82) is 0 Å². The lowest BCUT2D eigenvalue weighted by Crippen LogP contribution is -2.41. The first-order chi connectivity index (χ1) is 14.6. The second-order valence-electron chi connectivity index (χ2n) is 7.86. The van der Waals surface area contributed by atoms with Gasteiger partial charge in [-0.15, -0.1) is 0 Å². The molecule has 30 heavy (non-hydrogen) atoms. The maximum Gasteiger partial charge on any atom is 0.277 e. The van der Waals surface area contributed by atoms with E-state index in [1.165, 1.54) is 4.90 Å². The fourth-order valence-electron chi connectivity index (χ4n) is 4.23. The van der Waals surface area contributed by atoms with Crippen molar-refractivity contribution in [1.82, 2.24) is 9.80 Å². The van der Waals surface area contributed by atoms with Gasteiger partial charge in [0.05, 0.1) is 5.57 Å². The molecular weight excluding hydrogens is 400 g/mol. The number of rotatable bonds is 6. The lowest BCUT2D eigenvalue weighted by atomic mass is 9.97. The Morgan fingerprint density at radius 2 is 1.73 bits per heavy atom. The van der Waals surface area contributed by atoms with Crippen LogP contribution in [0.1, 0.15) is 24.0 Å². The third-order valence-electron chi connectivity index (χ3n) is 5.84. The molecule has 0 bridgehead atoms. The summed E-state index contributed by atoms with van der Waals surface area (Å²) in [6.45, 7) is 1.71. The van der Waals surface area contributed by atoms with Crippen LogP contribution in [0, 0.1) is 5.92 Å². The standard InChI is InChI=1S/C24H25ClN2O3/c25-20-10-8-17(9-11-20)12-14-27-23(29)21(19-6-2-1-3-7-19)22(24(27)30)26-13-4-5-18(15-26)16-28/h1-3,6-11,18,28H,4-5,12-16H2. The maximum atomic E-state index is 13.4. The largest absolute Gasteiger partial charge is 0.396 e. The second-order valence-corrected chi connectivity index (χ2v) is 8.30. The molecule has 2 aliphatic rings. The number of piperidine rings is 1. The van der Waals surface area contributed by atoms with Crippen LogP contribution in [0.4, 0.5) is 0 Å². The predicted molar refractivity (Wildman–Crippen MR) is 117 cm³/mol. The van der Waals surface area contributed by atoms with Crippen molar-refractivity contribution >= 4 is 29.0 Å². The molecule has 2 amide bonds. The molecule has 0 saturated carbocycles. The SMILES string of the molecule is O=C1C(c2ccccc2)=C(N2CCCC(CO)C2)C(=O)N1CCc1ccc(Cl)cc1. The molecule has 2 aromatic rings. The predicted octanol–water partition coefficient (Wildman–Crippen LogP) is 3.37. The summed E-state index contributed by atoms with van der Waals surface area (Å²) in [6, 6.07) is 16.8. The van der Waals surface area contributed by atoms with Gasteiger partial charge in [0.25, 0.3) is 11.8 Å². The van der Waals surface area contributed by atoms with E-state index in [1.54, 1.807) is 0 Å². The van der Waals surface area contributed by atoms with E-state index in [4.69, 9.17) is 11.6 Å². The van der Waals surface area contributed by atoms with E-state index >= 15 is 0 Å². The smallest absolute Gasteiger partial charge is 0.277 e. The van der Waals surface area contributed by atoms with Gasteiger partial charge in [-0.2, -0.15) is 0 Å². The van der Waals surface area contributed by atoms with Gasteiger partial charge in [0.15, 0.2) is 0 Å². The van der Waals surface area contributed by atoms with Crippen molar-refractivity contribution < 1.29 is 14.7 Å². The molecule has 2 aromatic carbocycles. The number of carbonyl (C=O) groups is 2. The topological polar surface area (TPSA) is 60.9 Å². The number of benzene rings is 2. The Morgan fingerprint density at radius 1 is 1.00 bits per heavy atom. The molecule has 1 saturated heterocycles. The molecule has 5 nitrogen and oxygen atoms in total. The number of halogens is 1. The Balaban J connectivity index is 1.63. The molecule has 0 spiro atoms. The zero-order valence-electron chi connectivity index (χ0n) is 16.8. The van der Waals surface area contributed by atoms with Crippen molar-refractivity contribution in [3.05, 3.63) is 76.4 Å². The van der Waals surface area contributed by atoms with Crippen molar-refractivity contribution in [2.75, 3.05) is 26.2 Å². The third-order valence-corrected chi connectivity index (χ3v) is 6.09. The number of aliphatic hydroxyl groups is 1. The van der Waals surface area contributed by atoms with Gasteiger partial charge in [-0.1, -0.05) is 54.1 Å². The summed E-state index contributed by atoms with van der Waals surface area (Å²) < 4.78 is 0. The average molecular weight is 425 g/mol. The summed E-state index contributed by atoms with van der Waals surface area (Å²) in [6.07, 6.45) is 2.40. The monoisotopic (exact) mass is 424 g/mol. The van der Waals surface area contributed by atoms with Gasteiger partial charge < -0.3 is 10.0 Å². The summed E-state index contributed by atoms with van der Waals surface area (Å²) >= 11 is 5.95. The minimum Gasteiger partial charge on any atom is -0.396 e. The number of hydrogen-bond acceptors (Lipinski definition) is 4. The molecular formula is C24H25ClN2O3. The molecule has 4 rings (SSSR count). The molecule has 1 atom stereocenters. The zero-order valence-corrected chi connectivity index (χ0v) is 17.5. The van der Waals surface area contributed by atoms with Crippen molar-refractivity contribution in [2.24, 2.45) is 5.92 Å². The highest BCUT2D eigenvalue weighted by Crippen LogP contribution is 2.34. The third kappa shape index (κ3) is 4.13. The van der Waals surface area contributed by atoms with E-state index in [1.807, 2.05) is 59.5 Å². The van der Waals surface area contributed by atoms with Gasteiger partial charge in [0.2, 0.25) is 0 Å². The molecule has 2 heterocycles. The summed E-state index contributed by atoms with van der Waals surface area (Å²) in [5.41, 5.74) is 2.72. The fourth-order valence-corrected chi connectivity index (χ4v) is 4.36. The van der Waals surface area contributed by atoms with Crippen LogP contribution < -0.4 is 0 Å². The van der Waals surface area contributed by atoms with E-state index in [0.29, 0.717) is 42.3 Å². The Bertz CT molecular complexity index is 956. The molecule has 0 aromatic heterocycles. The molecule has 6 heteroatoms. The lowest BCUT2D eigenvalue weighted by Gasteiger charge is -2.34. The van der Waals surface area contributed by atoms with Crippen molar-refractivity contribution in [3.8, 4) is 0 Å². The first-order valence-corrected chi connectivity index (χ1v) is 10.7. The Labute approximate surface area is 181 Å². The van der Waals surface area contributed by atoms with Crippen LogP contribution >= 0.6 is 11.6 Å². The molecule has 156 valence electrons. The quantitative estimate of drug-likeness (QED) is 0.722. The van der Waals surface area contributed by atoms with Crippen LogP contribution in [0.25, 0.3) is 5.57 Å². The number of carbonyl (C=O) groups excluding carboxylic acids is 2. The molecule has 0 radical (unpaired) electrons. The maximum absolute atomic E-state index is 13.4. The van der Waals surface area contributed by atoms with E-state index in [9.17, 15) is 14.7 Å². The van der Waals surface area contributed by atoms with Crippen molar-refractivity contribution in [2.45, 2.75) is 19.3 Å². The van der Waals surface area contributed by atoms with E-state index in [-0.39, 0.29) is 24.3 Å². The fraction of sp³-hybridized carbons (Fsp3) is 0.333. The Morgan fingerprint density at radius 3 is 2.43 bits per heavy atom. The van der Waals surface area contributed by atoms with E-state index < -0.39 is 0 Å². The van der Waals surface area contributed by atoms with E-state index in [0.717, 1.165) is 24.0 Å². The zero-order chi connectivity index (χ0) is 21.1. The number of aliphatic hydroxyl groups excluding tert-OH is 1. The van der Waals surface area contributed by atoms with Gasteiger partial charge in [-0.25, -0.2) is 0 Å². The van der Waals surface area contributed by atoms with Crippen LogP contribution in [0.5, 0.6) is 0 Å². The normalized spacial score (nSPS) is 19.7.